The first kappa shape index (κ1) is 18.7. The third-order valence-corrected chi connectivity index (χ3v) is 3.89. The number of hydrogen-bond donors (Lipinski definition) is 2. The number of H-pyrrole nitrogens is 1. The van der Waals surface area contributed by atoms with Gasteiger partial charge in [-0.1, -0.05) is 18.7 Å². The van der Waals surface area contributed by atoms with Gasteiger partial charge in [0, 0.05) is 5.69 Å². The zero-order valence-electron chi connectivity index (χ0n) is 13.9. The van der Waals surface area contributed by atoms with Crippen LogP contribution in [-0.4, -0.2) is 39.4 Å². The number of aromatic amines is 1. The van der Waals surface area contributed by atoms with Crippen molar-refractivity contribution >= 4 is 29.3 Å². The lowest BCUT2D eigenvalue weighted by molar-refractivity contribution is -0.113. The van der Waals surface area contributed by atoms with E-state index in [4.69, 9.17) is 4.74 Å². The maximum atomic E-state index is 11.9. The molecule has 0 unspecified atom stereocenters. The van der Waals surface area contributed by atoms with Gasteiger partial charge in [-0.2, -0.15) is 0 Å². The van der Waals surface area contributed by atoms with Crippen molar-refractivity contribution in [2.24, 2.45) is 0 Å². The molecule has 25 heavy (non-hydrogen) atoms. The Morgan fingerprint density at radius 3 is 2.60 bits per heavy atom. The lowest BCUT2D eigenvalue weighted by atomic mass is 10.2. The summed E-state index contributed by atoms with van der Waals surface area (Å²) in [5.74, 6) is -0.597. The van der Waals surface area contributed by atoms with Gasteiger partial charge in [-0.25, -0.2) is 4.79 Å². The topological polar surface area (TPSA) is 114 Å². The van der Waals surface area contributed by atoms with Crippen LogP contribution in [0.15, 0.2) is 34.2 Å². The highest BCUT2D eigenvalue weighted by Crippen LogP contribution is 2.13. The molecule has 0 aliphatic carbocycles. The summed E-state index contributed by atoms with van der Waals surface area (Å²) < 4.78 is 5.03. The molecule has 0 aliphatic heterocycles. The van der Waals surface area contributed by atoms with Crippen LogP contribution in [-0.2, 0) is 9.53 Å². The van der Waals surface area contributed by atoms with E-state index in [0.717, 1.165) is 18.2 Å². The summed E-state index contributed by atoms with van der Waals surface area (Å²) in [7, 11) is 0. The van der Waals surface area contributed by atoms with Crippen LogP contribution in [0.5, 0.6) is 0 Å². The van der Waals surface area contributed by atoms with Crippen LogP contribution < -0.4 is 10.9 Å². The molecule has 1 amide bonds. The maximum Gasteiger partial charge on any atom is 0.338 e. The Labute approximate surface area is 148 Å². The van der Waals surface area contributed by atoms with Gasteiger partial charge in [-0.05, 0) is 37.6 Å². The van der Waals surface area contributed by atoms with Gasteiger partial charge < -0.3 is 10.1 Å². The number of nitrogens with zero attached hydrogens (tertiary/aromatic N) is 2. The molecule has 0 saturated carbocycles. The molecule has 0 fully saturated rings. The highest BCUT2D eigenvalue weighted by atomic mass is 32.2. The van der Waals surface area contributed by atoms with Crippen LogP contribution in [0.3, 0.4) is 0 Å². The first-order valence-corrected chi connectivity index (χ1v) is 8.61. The maximum absolute atomic E-state index is 11.9. The van der Waals surface area contributed by atoms with E-state index in [0.29, 0.717) is 17.9 Å². The molecule has 2 N–H and O–H groups in total. The highest BCUT2D eigenvalue weighted by molar-refractivity contribution is 7.99. The average Bonchev–Trinajstić information content (AvgIpc) is 2.61. The minimum absolute atomic E-state index is 0.0635. The van der Waals surface area contributed by atoms with E-state index in [-0.39, 0.29) is 28.1 Å². The monoisotopic (exact) mass is 362 g/mol. The Morgan fingerprint density at radius 1 is 1.24 bits per heavy atom. The molecule has 0 saturated heterocycles. The fourth-order valence-corrected chi connectivity index (χ4v) is 2.35. The van der Waals surface area contributed by atoms with Gasteiger partial charge in [0.2, 0.25) is 5.91 Å². The number of hydrogen-bond acceptors (Lipinski definition) is 7. The zero-order valence-corrected chi connectivity index (χ0v) is 14.7. The molecule has 1 aromatic carbocycles. The van der Waals surface area contributed by atoms with E-state index in [1.807, 2.05) is 6.92 Å². The molecule has 0 radical (unpaired) electrons. The fourth-order valence-electron chi connectivity index (χ4n) is 1.74. The smallest absolute Gasteiger partial charge is 0.338 e. The quantitative estimate of drug-likeness (QED) is 0.570. The first-order valence-electron chi connectivity index (χ1n) is 7.63. The second-order valence-electron chi connectivity index (χ2n) is 5.09. The Bertz CT molecular complexity index is 805. The number of carbonyl (C=O) groups excluding carboxylic acids is 2. The molecular formula is C16H18N4O4S. The lowest BCUT2D eigenvalue weighted by Gasteiger charge is -2.06. The second kappa shape index (κ2) is 8.97. The number of thioether (sulfide) groups is 1. The molecule has 132 valence electrons. The third kappa shape index (κ3) is 5.71. The molecule has 0 aliphatic rings. The molecule has 2 rings (SSSR count). The van der Waals surface area contributed by atoms with Crippen molar-refractivity contribution in [1.82, 2.24) is 15.2 Å². The van der Waals surface area contributed by atoms with Crippen LogP contribution in [0.1, 0.15) is 29.4 Å². The summed E-state index contributed by atoms with van der Waals surface area (Å²) in [4.78, 5) is 37.6. The van der Waals surface area contributed by atoms with E-state index in [1.165, 1.54) is 0 Å². The Kier molecular flexibility index (Phi) is 6.70. The molecule has 8 nitrogen and oxygen atoms in total. The molecule has 0 atom stereocenters. The van der Waals surface area contributed by atoms with Gasteiger partial charge in [-0.3, -0.25) is 14.6 Å². The SMILES string of the molecule is CCCOC(=O)c1ccc(NC(=O)CSc2nnc(C)c(=O)[nH]2)cc1. The van der Waals surface area contributed by atoms with Crippen LogP contribution >= 0.6 is 11.8 Å². The molecule has 1 heterocycles. The number of amides is 1. The minimum atomic E-state index is -0.391. The summed E-state index contributed by atoms with van der Waals surface area (Å²) in [5.41, 5.74) is 0.921. The number of aryl methyl sites for hydroxylation is 1. The van der Waals surface area contributed by atoms with Crippen LogP contribution in [0.2, 0.25) is 0 Å². The van der Waals surface area contributed by atoms with Crippen molar-refractivity contribution in [3.8, 4) is 0 Å². The van der Waals surface area contributed by atoms with Crippen LogP contribution in [0.25, 0.3) is 0 Å². The number of benzene rings is 1. The number of rotatable bonds is 7. The summed E-state index contributed by atoms with van der Waals surface area (Å²) >= 11 is 1.07. The largest absolute Gasteiger partial charge is 0.462 e. The van der Waals surface area contributed by atoms with Gasteiger partial charge in [0.15, 0.2) is 5.16 Å². The molecule has 0 bridgehead atoms. The first-order chi connectivity index (χ1) is 12.0. The van der Waals surface area contributed by atoms with Gasteiger partial charge in [-0.15, -0.1) is 10.2 Å². The van der Waals surface area contributed by atoms with Crippen molar-refractivity contribution in [2.75, 3.05) is 17.7 Å². The summed E-state index contributed by atoms with van der Waals surface area (Å²) in [5, 5.41) is 10.5. The standard InChI is InChI=1S/C16H18N4O4S/c1-3-8-24-15(23)11-4-6-12(7-5-11)17-13(21)9-25-16-18-14(22)10(2)19-20-16/h4-7H,3,8-9H2,1-2H3,(H,17,21)(H,18,20,22). The normalized spacial score (nSPS) is 10.3. The lowest BCUT2D eigenvalue weighted by Crippen LogP contribution is -2.17. The molecule has 1 aromatic heterocycles. The number of esters is 1. The molecular weight excluding hydrogens is 344 g/mol. The number of aromatic nitrogens is 3. The van der Waals surface area contributed by atoms with E-state index >= 15 is 0 Å². The van der Waals surface area contributed by atoms with Crippen molar-refractivity contribution in [3.05, 3.63) is 45.9 Å². The van der Waals surface area contributed by atoms with Crippen molar-refractivity contribution in [3.63, 3.8) is 0 Å². The van der Waals surface area contributed by atoms with E-state index in [9.17, 15) is 14.4 Å². The number of anilines is 1. The zero-order chi connectivity index (χ0) is 18.2. The fraction of sp³-hybridized carbons (Fsp3) is 0.312. The number of nitrogens with one attached hydrogen (secondary N) is 2. The van der Waals surface area contributed by atoms with Crippen molar-refractivity contribution in [2.45, 2.75) is 25.4 Å². The summed E-state index contributed by atoms with van der Waals surface area (Å²) in [6, 6.07) is 6.42. The average molecular weight is 362 g/mol. The Balaban J connectivity index is 1.86. The van der Waals surface area contributed by atoms with E-state index in [1.54, 1.807) is 31.2 Å². The third-order valence-electron chi connectivity index (χ3n) is 3.02. The summed E-state index contributed by atoms with van der Waals surface area (Å²) in [6.45, 7) is 3.84. The van der Waals surface area contributed by atoms with E-state index < -0.39 is 5.97 Å². The van der Waals surface area contributed by atoms with Gasteiger partial charge >= 0.3 is 5.97 Å². The number of ether oxygens (including phenoxy) is 1. The Hall–Kier alpha value is -2.68. The van der Waals surface area contributed by atoms with Gasteiger partial charge in [0.05, 0.1) is 17.9 Å². The molecule has 2 aromatic rings. The van der Waals surface area contributed by atoms with Crippen molar-refractivity contribution < 1.29 is 14.3 Å². The summed E-state index contributed by atoms with van der Waals surface area (Å²) in [6.07, 6.45) is 0.758. The van der Waals surface area contributed by atoms with Crippen LogP contribution in [0, 0.1) is 6.92 Å². The minimum Gasteiger partial charge on any atom is -0.462 e. The van der Waals surface area contributed by atoms with Crippen molar-refractivity contribution in [1.29, 1.82) is 0 Å². The van der Waals surface area contributed by atoms with Crippen LogP contribution in [0.4, 0.5) is 5.69 Å². The molecule has 0 spiro atoms. The Morgan fingerprint density at radius 2 is 1.96 bits per heavy atom. The molecule has 9 heteroatoms. The number of carbonyl (C=O) groups is 2. The van der Waals surface area contributed by atoms with E-state index in [2.05, 4.69) is 20.5 Å². The highest BCUT2D eigenvalue weighted by Gasteiger charge is 2.09. The van der Waals surface area contributed by atoms with Gasteiger partial charge in [0.25, 0.3) is 5.56 Å². The second-order valence-corrected chi connectivity index (χ2v) is 6.06. The predicted molar refractivity (Wildman–Crippen MR) is 93.8 cm³/mol. The predicted octanol–water partition coefficient (Wildman–Crippen LogP) is 1.77. The van der Waals surface area contributed by atoms with Gasteiger partial charge in [0.1, 0.15) is 5.69 Å².